The van der Waals surface area contributed by atoms with E-state index in [9.17, 15) is 4.79 Å². The van der Waals surface area contributed by atoms with Gasteiger partial charge in [0, 0.05) is 6.54 Å². The predicted molar refractivity (Wildman–Crippen MR) is 65.8 cm³/mol. The van der Waals surface area contributed by atoms with Crippen molar-refractivity contribution in [3.05, 3.63) is 0 Å². The van der Waals surface area contributed by atoms with E-state index in [4.69, 9.17) is 15.2 Å². The third-order valence-corrected chi connectivity index (χ3v) is 2.65. The lowest BCUT2D eigenvalue weighted by Gasteiger charge is -2.46. The third-order valence-electron chi connectivity index (χ3n) is 2.65. The van der Waals surface area contributed by atoms with Crippen LogP contribution < -0.4 is 5.73 Å². The molecule has 0 aliphatic carbocycles. The van der Waals surface area contributed by atoms with Crippen LogP contribution in [-0.4, -0.2) is 47.9 Å². The first-order valence-corrected chi connectivity index (χ1v) is 5.97. The topological polar surface area (TPSA) is 64.8 Å². The van der Waals surface area contributed by atoms with Crippen LogP contribution >= 0.6 is 0 Å². The smallest absolute Gasteiger partial charge is 0.411 e. The fourth-order valence-electron chi connectivity index (χ4n) is 1.96. The summed E-state index contributed by atoms with van der Waals surface area (Å²) < 4.78 is 10.9. The highest BCUT2D eigenvalue weighted by atomic mass is 16.6. The van der Waals surface area contributed by atoms with Gasteiger partial charge in [-0.15, -0.1) is 0 Å². The fraction of sp³-hybridized carbons (Fsp3) is 0.917. The van der Waals surface area contributed by atoms with Gasteiger partial charge in [0.25, 0.3) is 0 Å². The molecular formula is C12H24N2O3. The summed E-state index contributed by atoms with van der Waals surface area (Å²) >= 11 is 0. The van der Waals surface area contributed by atoms with Gasteiger partial charge in [0.1, 0.15) is 5.60 Å². The van der Waals surface area contributed by atoms with Gasteiger partial charge in [-0.05, 0) is 34.6 Å². The first-order chi connectivity index (χ1) is 7.67. The number of hydrogen-bond donors (Lipinski definition) is 1. The molecule has 5 heteroatoms. The molecule has 1 fully saturated rings. The molecule has 1 heterocycles. The van der Waals surface area contributed by atoms with Gasteiger partial charge in [0.15, 0.2) is 0 Å². The van der Waals surface area contributed by atoms with Crippen LogP contribution in [0.2, 0.25) is 0 Å². The van der Waals surface area contributed by atoms with Crippen molar-refractivity contribution < 1.29 is 14.3 Å². The third kappa shape index (κ3) is 3.57. The maximum absolute atomic E-state index is 12.2. The average Bonchev–Trinajstić information content (AvgIpc) is 2.12. The van der Waals surface area contributed by atoms with Crippen LogP contribution in [0.4, 0.5) is 4.79 Å². The molecule has 17 heavy (non-hydrogen) atoms. The molecule has 0 aromatic carbocycles. The Labute approximate surface area is 103 Å². The number of ether oxygens (including phenoxy) is 2. The second-order valence-corrected chi connectivity index (χ2v) is 6.07. The maximum Gasteiger partial charge on any atom is 0.411 e. The Kier molecular flexibility index (Phi) is 4.04. The highest BCUT2D eigenvalue weighted by molar-refractivity contribution is 5.69. The quantitative estimate of drug-likeness (QED) is 0.756. The van der Waals surface area contributed by atoms with Crippen molar-refractivity contribution in [3.63, 3.8) is 0 Å². The summed E-state index contributed by atoms with van der Waals surface area (Å²) in [5.41, 5.74) is 4.81. The van der Waals surface area contributed by atoms with E-state index in [1.165, 1.54) is 0 Å². The molecule has 1 unspecified atom stereocenters. The Morgan fingerprint density at radius 1 is 1.53 bits per heavy atom. The molecule has 0 aromatic rings. The van der Waals surface area contributed by atoms with Crippen LogP contribution in [0.3, 0.4) is 0 Å². The lowest BCUT2D eigenvalue weighted by molar-refractivity contribution is -0.0888. The van der Waals surface area contributed by atoms with E-state index in [-0.39, 0.29) is 17.7 Å². The Balaban J connectivity index is 2.85. The van der Waals surface area contributed by atoms with E-state index in [1.54, 1.807) is 4.90 Å². The van der Waals surface area contributed by atoms with E-state index in [1.807, 2.05) is 34.6 Å². The minimum absolute atomic E-state index is 0.117. The highest BCUT2D eigenvalue weighted by Crippen LogP contribution is 2.25. The highest BCUT2D eigenvalue weighted by Gasteiger charge is 2.41. The largest absolute Gasteiger partial charge is 0.444 e. The van der Waals surface area contributed by atoms with Gasteiger partial charge in [-0.1, -0.05) is 0 Å². The number of nitrogens with zero attached hydrogens (tertiary/aromatic N) is 1. The van der Waals surface area contributed by atoms with Crippen molar-refractivity contribution in [3.8, 4) is 0 Å². The average molecular weight is 244 g/mol. The minimum atomic E-state index is -0.495. The molecule has 1 amide bonds. The van der Waals surface area contributed by atoms with Crippen molar-refractivity contribution in [1.82, 2.24) is 4.90 Å². The number of morpholine rings is 1. The number of carbonyl (C=O) groups excluding carboxylic acids is 1. The van der Waals surface area contributed by atoms with Crippen molar-refractivity contribution in [2.45, 2.75) is 51.8 Å². The molecule has 1 aliphatic heterocycles. The molecule has 0 bridgehead atoms. The molecule has 0 saturated carbocycles. The second kappa shape index (κ2) is 4.82. The summed E-state index contributed by atoms with van der Waals surface area (Å²) in [5.74, 6) is 0. The zero-order chi connectivity index (χ0) is 13.3. The van der Waals surface area contributed by atoms with E-state index < -0.39 is 5.60 Å². The monoisotopic (exact) mass is 244 g/mol. The number of hydrogen-bond acceptors (Lipinski definition) is 4. The SMILES string of the molecule is CC(C)(C)OC(=O)N1C(CN)COCC1(C)C. The van der Waals surface area contributed by atoms with E-state index in [0.717, 1.165) is 0 Å². The molecule has 1 rings (SSSR count). The molecule has 0 spiro atoms. The first-order valence-electron chi connectivity index (χ1n) is 5.97. The molecular weight excluding hydrogens is 220 g/mol. The molecule has 0 aromatic heterocycles. The molecule has 100 valence electrons. The zero-order valence-electron chi connectivity index (χ0n) is 11.4. The predicted octanol–water partition coefficient (Wildman–Crippen LogP) is 1.36. The van der Waals surface area contributed by atoms with Gasteiger partial charge >= 0.3 is 6.09 Å². The summed E-state index contributed by atoms with van der Waals surface area (Å²) in [7, 11) is 0. The van der Waals surface area contributed by atoms with E-state index in [2.05, 4.69) is 0 Å². The Morgan fingerprint density at radius 2 is 2.12 bits per heavy atom. The summed E-state index contributed by atoms with van der Waals surface area (Å²) in [6.07, 6.45) is -0.318. The Bertz CT molecular complexity index is 284. The molecule has 1 saturated heterocycles. The summed E-state index contributed by atoms with van der Waals surface area (Å²) in [6.45, 7) is 10.8. The maximum atomic E-state index is 12.2. The lowest BCUT2D eigenvalue weighted by atomic mass is 9.99. The van der Waals surface area contributed by atoms with Gasteiger partial charge in [0.05, 0.1) is 24.8 Å². The number of carbonyl (C=O) groups is 1. The van der Waals surface area contributed by atoms with Crippen LogP contribution in [0.25, 0.3) is 0 Å². The van der Waals surface area contributed by atoms with Crippen LogP contribution in [0, 0.1) is 0 Å². The lowest BCUT2D eigenvalue weighted by Crippen LogP contribution is -2.63. The van der Waals surface area contributed by atoms with Crippen LogP contribution in [0.5, 0.6) is 0 Å². The van der Waals surface area contributed by atoms with Gasteiger partial charge in [-0.3, -0.25) is 4.90 Å². The van der Waals surface area contributed by atoms with Crippen LogP contribution in [0.1, 0.15) is 34.6 Å². The minimum Gasteiger partial charge on any atom is -0.444 e. The first kappa shape index (κ1) is 14.3. The standard InChI is InChI=1S/C12H24N2O3/c1-11(2,3)17-10(15)14-9(6-13)7-16-8-12(14,4)5/h9H,6-8,13H2,1-5H3. The molecule has 0 radical (unpaired) electrons. The van der Waals surface area contributed by atoms with E-state index >= 15 is 0 Å². The van der Waals surface area contributed by atoms with Crippen molar-refractivity contribution in [2.24, 2.45) is 5.73 Å². The Morgan fingerprint density at radius 3 is 2.59 bits per heavy atom. The van der Waals surface area contributed by atoms with Gasteiger partial charge in [-0.25, -0.2) is 4.79 Å². The molecule has 5 nitrogen and oxygen atoms in total. The van der Waals surface area contributed by atoms with Crippen molar-refractivity contribution in [2.75, 3.05) is 19.8 Å². The fourth-order valence-corrected chi connectivity index (χ4v) is 1.96. The summed E-state index contributed by atoms with van der Waals surface area (Å²) in [6, 6.07) is -0.117. The van der Waals surface area contributed by atoms with Gasteiger partial charge in [0.2, 0.25) is 0 Å². The van der Waals surface area contributed by atoms with Crippen LogP contribution in [-0.2, 0) is 9.47 Å². The number of amides is 1. The normalized spacial score (nSPS) is 24.6. The second-order valence-electron chi connectivity index (χ2n) is 6.07. The van der Waals surface area contributed by atoms with E-state index in [0.29, 0.717) is 19.8 Å². The van der Waals surface area contributed by atoms with Gasteiger partial charge < -0.3 is 15.2 Å². The zero-order valence-corrected chi connectivity index (χ0v) is 11.4. The van der Waals surface area contributed by atoms with Gasteiger partial charge in [-0.2, -0.15) is 0 Å². The number of rotatable bonds is 1. The summed E-state index contributed by atoms with van der Waals surface area (Å²) in [5, 5.41) is 0. The Hall–Kier alpha value is -0.810. The molecule has 1 aliphatic rings. The van der Waals surface area contributed by atoms with Crippen molar-refractivity contribution in [1.29, 1.82) is 0 Å². The molecule has 2 N–H and O–H groups in total. The molecule has 1 atom stereocenters. The van der Waals surface area contributed by atoms with Crippen molar-refractivity contribution >= 4 is 6.09 Å². The summed E-state index contributed by atoms with van der Waals surface area (Å²) in [4.78, 5) is 13.9. The van der Waals surface area contributed by atoms with Crippen LogP contribution in [0.15, 0.2) is 0 Å². The number of nitrogens with two attached hydrogens (primary N) is 1.